The van der Waals surface area contributed by atoms with Crippen LogP contribution in [-0.2, 0) is 12.6 Å². The van der Waals surface area contributed by atoms with Crippen molar-refractivity contribution in [1.82, 2.24) is 20.4 Å². The molecule has 1 saturated heterocycles. The molecule has 1 fully saturated rings. The molecule has 0 bridgehead atoms. The molecule has 2 amide bonds. The van der Waals surface area contributed by atoms with Gasteiger partial charge in [0.05, 0.1) is 11.4 Å². The van der Waals surface area contributed by atoms with E-state index < -0.39 is 5.54 Å². The lowest BCUT2D eigenvalue weighted by atomic mass is 9.93. The van der Waals surface area contributed by atoms with E-state index in [-0.39, 0.29) is 12.6 Å². The third-order valence-corrected chi connectivity index (χ3v) is 2.85. The first-order chi connectivity index (χ1) is 7.49. The second kappa shape index (κ2) is 3.34. The number of hydrogen-bond acceptors (Lipinski definition) is 3. The number of rotatable bonds is 2. The number of aromatic nitrogens is 2. The summed E-state index contributed by atoms with van der Waals surface area (Å²) in [5.74, 6) is 0. The van der Waals surface area contributed by atoms with Gasteiger partial charge in [-0.15, -0.1) is 0 Å². The zero-order chi connectivity index (χ0) is 11.9. The Morgan fingerprint density at radius 1 is 1.69 bits per heavy atom. The molecule has 16 heavy (non-hydrogen) atoms. The third kappa shape index (κ3) is 1.30. The molecular formula is C10H15N5O. The summed E-state index contributed by atoms with van der Waals surface area (Å²) in [5, 5.41) is 9.68. The summed E-state index contributed by atoms with van der Waals surface area (Å²) in [6.07, 6.45) is 0. The van der Waals surface area contributed by atoms with Crippen molar-refractivity contribution in [2.24, 2.45) is 12.8 Å². The van der Waals surface area contributed by atoms with E-state index in [0.717, 1.165) is 11.4 Å². The van der Waals surface area contributed by atoms with E-state index in [1.807, 2.05) is 20.0 Å². The number of nitrogens with zero attached hydrogens (tertiary/aromatic N) is 2. The first kappa shape index (κ1) is 10.7. The normalized spacial score (nSPS) is 24.4. The van der Waals surface area contributed by atoms with Gasteiger partial charge in [0.2, 0.25) is 0 Å². The summed E-state index contributed by atoms with van der Waals surface area (Å²) < 4.78 is 1.71. The highest BCUT2D eigenvalue weighted by Crippen LogP contribution is 2.29. The third-order valence-electron chi connectivity index (χ3n) is 2.85. The molecule has 0 spiro atoms. The van der Waals surface area contributed by atoms with Crippen molar-refractivity contribution >= 4 is 6.03 Å². The fraction of sp³-hybridized carbons (Fsp3) is 0.400. The largest absolute Gasteiger partial charge is 0.328 e. The van der Waals surface area contributed by atoms with Gasteiger partial charge in [-0.2, -0.15) is 5.10 Å². The van der Waals surface area contributed by atoms with Crippen LogP contribution in [0.2, 0.25) is 0 Å². The fourth-order valence-electron chi connectivity index (χ4n) is 2.05. The topological polar surface area (TPSA) is 85.0 Å². The van der Waals surface area contributed by atoms with Gasteiger partial charge in [-0.25, -0.2) is 4.79 Å². The number of hydrogen-bond donors (Lipinski definition) is 3. The molecule has 1 unspecified atom stereocenters. The van der Waals surface area contributed by atoms with Gasteiger partial charge in [-0.3, -0.25) is 4.68 Å². The van der Waals surface area contributed by atoms with E-state index in [2.05, 4.69) is 22.3 Å². The smallest absolute Gasteiger partial charge is 0.320 e. The van der Waals surface area contributed by atoms with E-state index in [9.17, 15) is 4.79 Å². The lowest BCUT2D eigenvalue weighted by molar-refractivity contribution is 0.244. The minimum absolute atomic E-state index is 0.240. The summed E-state index contributed by atoms with van der Waals surface area (Å²) in [4.78, 5) is 11.4. The van der Waals surface area contributed by atoms with Gasteiger partial charge in [-0.1, -0.05) is 6.58 Å². The van der Waals surface area contributed by atoms with Crippen LogP contribution < -0.4 is 16.4 Å². The predicted octanol–water partition coefficient (Wildman–Crippen LogP) is -0.291. The van der Waals surface area contributed by atoms with Crippen molar-refractivity contribution in [3.8, 4) is 0 Å². The standard InChI is InChI=1S/C10H15N5O/c1-6-4-8(15(3)14-6)10(5-11)7(2)12-9(16)13-10/h4H,2,5,11H2,1,3H3,(H2,12,13,16). The number of aryl methyl sites for hydroxylation is 2. The van der Waals surface area contributed by atoms with Gasteiger partial charge in [-0.05, 0) is 13.0 Å². The number of carbonyl (C=O) groups is 1. The van der Waals surface area contributed by atoms with Crippen LogP contribution >= 0.6 is 0 Å². The molecule has 6 nitrogen and oxygen atoms in total. The van der Waals surface area contributed by atoms with Crippen LogP contribution in [0.5, 0.6) is 0 Å². The van der Waals surface area contributed by atoms with Crippen molar-refractivity contribution < 1.29 is 4.79 Å². The highest BCUT2D eigenvalue weighted by atomic mass is 16.2. The maximum absolute atomic E-state index is 11.4. The number of nitrogens with one attached hydrogen (secondary N) is 2. The summed E-state index contributed by atoms with van der Waals surface area (Å²) in [6.45, 7) is 5.97. The van der Waals surface area contributed by atoms with E-state index >= 15 is 0 Å². The van der Waals surface area contributed by atoms with Crippen LogP contribution in [0.25, 0.3) is 0 Å². The molecule has 2 heterocycles. The molecular weight excluding hydrogens is 206 g/mol. The van der Waals surface area contributed by atoms with Gasteiger partial charge < -0.3 is 16.4 Å². The highest BCUT2D eigenvalue weighted by Gasteiger charge is 2.44. The predicted molar refractivity (Wildman–Crippen MR) is 59.5 cm³/mol. The molecule has 4 N–H and O–H groups in total. The van der Waals surface area contributed by atoms with Crippen LogP contribution in [0.15, 0.2) is 18.3 Å². The molecule has 0 aliphatic carbocycles. The number of nitrogens with two attached hydrogens (primary N) is 1. The Balaban J connectivity index is 2.54. The van der Waals surface area contributed by atoms with Gasteiger partial charge >= 0.3 is 6.03 Å². The Labute approximate surface area is 93.5 Å². The van der Waals surface area contributed by atoms with Gasteiger partial charge in [0.25, 0.3) is 0 Å². The van der Waals surface area contributed by atoms with Crippen molar-refractivity contribution in [1.29, 1.82) is 0 Å². The van der Waals surface area contributed by atoms with Gasteiger partial charge in [0.15, 0.2) is 0 Å². The first-order valence-electron chi connectivity index (χ1n) is 4.99. The first-order valence-corrected chi connectivity index (χ1v) is 4.99. The minimum Gasteiger partial charge on any atom is -0.328 e. The van der Waals surface area contributed by atoms with Crippen LogP contribution in [0.4, 0.5) is 4.79 Å². The Kier molecular flexibility index (Phi) is 2.23. The fourth-order valence-corrected chi connectivity index (χ4v) is 2.05. The van der Waals surface area contributed by atoms with Crippen LogP contribution in [-0.4, -0.2) is 22.4 Å². The van der Waals surface area contributed by atoms with Crippen molar-refractivity contribution in [2.45, 2.75) is 12.5 Å². The molecule has 0 saturated carbocycles. The Morgan fingerprint density at radius 2 is 2.38 bits per heavy atom. The second-order valence-corrected chi connectivity index (χ2v) is 3.96. The van der Waals surface area contributed by atoms with Gasteiger partial charge in [0.1, 0.15) is 5.54 Å². The second-order valence-electron chi connectivity index (χ2n) is 3.96. The van der Waals surface area contributed by atoms with E-state index in [1.54, 1.807) is 4.68 Å². The molecule has 0 radical (unpaired) electrons. The van der Waals surface area contributed by atoms with Crippen LogP contribution in [0, 0.1) is 6.92 Å². The lowest BCUT2D eigenvalue weighted by Crippen LogP contribution is -2.47. The van der Waals surface area contributed by atoms with E-state index in [4.69, 9.17) is 5.73 Å². The van der Waals surface area contributed by atoms with E-state index in [0.29, 0.717) is 5.70 Å². The van der Waals surface area contributed by atoms with Crippen molar-refractivity contribution in [2.75, 3.05) is 6.54 Å². The molecule has 1 aromatic heterocycles. The summed E-state index contributed by atoms with van der Waals surface area (Å²) in [6, 6.07) is 1.61. The summed E-state index contributed by atoms with van der Waals surface area (Å²) >= 11 is 0. The zero-order valence-corrected chi connectivity index (χ0v) is 9.37. The quantitative estimate of drug-likeness (QED) is 0.641. The number of amides is 2. The average molecular weight is 221 g/mol. The lowest BCUT2D eigenvalue weighted by Gasteiger charge is -2.27. The molecule has 6 heteroatoms. The summed E-state index contributed by atoms with van der Waals surface area (Å²) in [7, 11) is 1.82. The maximum atomic E-state index is 11.4. The zero-order valence-electron chi connectivity index (χ0n) is 9.37. The monoisotopic (exact) mass is 221 g/mol. The van der Waals surface area contributed by atoms with E-state index in [1.165, 1.54) is 0 Å². The van der Waals surface area contributed by atoms with Crippen LogP contribution in [0.1, 0.15) is 11.4 Å². The molecule has 1 aliphatic heterocycles. The average Bonchev–Trinajstić information content (AvgIpc) is 2.67. The Bertz CT molecular complexity index is 464. The molecule has 2 rings (SSSR count). The van der Waals surface area contributed by atoms with Gasteiger partial charge in [0, 0.05) is 19.3 Å². The molecule has 1 atom stereocenters. The number of urea groups is 1. The summed E-state index contributed by atoms with van der Waals surface area (Å²) in [5.41, 5.74) is 7.28. The molecule has 1 aromatic rings. The van der Waals surface area contributed by atoms with Crippen LogP contribution in [0.3, 0.4) is 0 Å². The SMILES string of the molecule is C=C1NC(=O)NC1(CN)c1cc(C)nn1C. The molecule has 86 valence electrons. The maximum Gasteiger partial charge on any atom is 0.320 e. The van der Waals surface area contributed by atoms with Crippen molar-refractivity contribution in [3.63, 3.8) is 0 Å². The van der Waals surface area contributed by atoms with Crippen molar-refractivity contribution in [3.05, 3.63) is 29.7 Å². The Morgan fingerprint density at radius 3 is 2.75 bits per heavy atom. The minimum atomic E-state index is -0.757. The number of carbonyl (C=O) groups excluding carboxylic acids is 1. The molecule has 0 aromatic carbocycles. The molecule has 1 aliphatic rings. The highest BCUT2D eigenvalue weighted by molar-refractivity contribution is 5.82. The Hall–Kier alpha value is -1.82.